The molecule has 128 valence electrons. The van der Waals surface area contributed by atoms with Gasteiger partial charge in [-0.15, -0.1) is 0 Å². The molecule has 0 spiro atoms. The molecule has 2 rings (SSSR count). The van der Waals surface area contributed by atoms with Crippen LogP contribution in [-0.4, -0.2) is 59.6 Å². The fraction of sp³-hybridized carbons (Fsp3) is 0.438. The molecular weight excluding hydrogens is 312 g/mol. The summed E-state index contributed by atoms with van der Waals surface area (Å²) >= 11 is 0. The number of pyridine rings is 1. The van der Waals surface area contributed by atoms with Crippen LogP contribution in [0, 0.1) is 6.92 Å². The van der Waals surface area contributed by atoms with Gasteiger partial charge in [-0.1, -0.05) is 0 Å². The van der Waals surface area contributed by atoms with Crippen LogP contribution in [0.15, 0.2) is 18.3 Å². The molecule has 1 saturated heterocycles. The molecule has 1 aliphatic heterocycles. The Morgan fingerprint density at radius 3 is 2.88 bits per heavy atom. The number of nitrogens with one attached hydrogen (secondary N) is 2. The molecule has 0 radical (unpaired) electrons. The molecule has 2 N–H and O–H groups in total. The van der Waals surface area contributed by atoms with E-state index in [-0.39, 0.29) is 30.8 Å². The van der Waals surface area contributed by atoms with Crippen molar-refractivity contribution in [2.75, 3.05) is 19.6 Å². The Morgan fingerprint density at radius 2 is 2.17 bits per heavy atom. The molecule has 0 aliphatic carbocycles. The highest BCUT2D eigenvalue weighted by molar-refractivity contribution is 5.98. The number of nitrogens with zero attached hydrogens (tertiary/aromatic N) is 2. The summed E-state index contributed by atoms with van der Waals surface area (Å²) in [7, 11) is 0. The highest BCUT2D eigenvalue weighted by atomic mass is 16.2. The third kappa shape index (κ3) is 4.15. The molecule has 8 heteroatoms. The van der Waals surface area contributed by atoms with Crippen molar-refractivity contribution in [3.8, 4) is 0 Å². The molecular formula is C16H20N4O4. The van der Waals surface area contributed by atoms with Gasteiger partial charge in [0.2, 0.25) is 11.8 Å². The van der Waals surface area contributed by atoms with Crippen molar-refractivity contribution in [1.82, 2.24) is 20.5 Å². The number of amides is 3. The van der Waals surface area contributed by atoms with Gasteiger partial charge in [0, 0.05) is 18.4 Å². The number of rotatable bonds is 6. The van der Waals surface area contributed by atoms with Gasteiger partial charge in [-0.3, -0.25) is 19.4 Å². The van der Waals surface area contributed by atoms with Gasteiger partial charge < -0.3 is 20.3 Å². The van der Waals surface area contributed by atoms with E-state index in [1.165, 1.54) is 4.90 Å². The number of carbonyl (C=O) groups is 4. The minimum atomic E-state index is -0.588. The average Bonchev–Trinajstić information content (AvgIpc) is 3.07. The first-order chi connectivity index (χ1) is 11.5. The van der Waals surface area contributed by atoms with Crippen LogP contribution in [0.5, 0.6) is 0 Å². The summed E-state index contributed by atoms with van der Waals surface area (Å²) in [6, 6.07) is 2.69. The molecule has 1 aromatic rings. The van der Waals surface area contributed by atoms with Crippen LogP contribution in [-0.2, 0) is 14.4 Å². The Bertz CT molecular complexity index is 647. The second-order valence-electron chi connectivity index (χ2n) is 5.48. The second kappa shape index (κ2) is 8.19. The number of carbonyl (C=O) groups excluding carboxylic acids is 4. The zero-order valence-corrected chi connectivity index (χ0v) is 13.4. The number of aldehydes is 1. The molecule has 1 fully saturated rings. The Hall–Kier alpha value is -2.77. The number of likely N-dealkylation sites (tertiary alicyclic amines) is 1. The lowest BCUT2D eigenvalue weighted by molar-refractivity contribution is -0.137. The van der Waals surface area contributed by atoms with Crippen LogP contribution < -0.4 is 10.6 Å². The fourth-order valence-electron chi connectivity index (χ4n) is 2.67. The third-order valence-electron chi connectivity index (χ3n) is 3.89. The number of aryl methyl sites for hydroxylation is 1. The SMILES string of the molecule is Cc1ncccc1C(=O)NCC(=O)N1CCC[C@H]1C(=O)NCC=O. The topological polar surface area (TPSA) is 108 Å². The fourth-order valence-corrected chi connectivity index (χ4v) is 2.67. The predicted molar refractivity (Wildman–Crippen MR) is 85.1 cm³/mol. The van der Waals surface area contributed by atoms with Crippen molar-refractivity contribution in [3.05, 3.63) is 29.6 Å². The maximum atomic E-state index is 12.3. The maximum absolute atomic E-state index is 12.3. The molecule has 0 unspecified atom stereocenters. The van der Waals surface area contributed by atoms with E-state index in [0.717, 1.165) is 0 Å². The van der Waals surface area contributed by atoms with Gasteiger partial charge in [0.15, 0.2) is 0 Å². The standard InChI is InChI=1S/C16H20N4O4/c1-11-12(4-2-6-17-11)15(23)19-10-14(22)20-8-3-5-13(20)16(24)18-7-9-21/h2,4,6,9,13H,3,5,7-8,10H2,1H3,(H,18,24)(H,19,23)/t13-/m0/s1. The molecule has 1 atom stereocenters. The summed E-state index contributed by atoms with van der Waals surface area (Å²) < 4.78 is 0. The van der Waals surface area contributed by atoms with Crippen molar-refractivity contribution >= 4 is 24.0 Å². The van der Waals surface area contributed by atoms with E-state index in [0.29, 0.717) is 36.9 Å². The molecule has 3 amide bonds. The molecule has 0 aromatic carbocycles. The lowest BCUT2D eigenvalue weighted by Gasteiger charge is -2.23. The lowest BCUT2D eigenvalue weighted by Crippen LogP contribution is -2.49. The normalized spacial score (nSPS) is 16.5. The van der Waals surface area contributed by atoms with Crippen molar-refractivity contribution in [3.63, 3.8) is 0 Å². The van der Waals surface area contributed by atoms with Crippen molar-refractivity contribution < 1.29 is 19.2 Å². The monoisotopic (exact) mass is 332 g/mol. The van der Waals surface area contributed by atoms with Crippen LogP contribution >= 0.6 is 0 Å². The first-order valence-corrected chi connectivity index (χ1v) is 7.75. The minimum Gasteiger partial charge on any atom is -0.348 e. The van der Waals surface area contributed by atoms with Gasteiger partial charge in [-0.05, 0) is 31.9 Å². The Morgan fingerprint density at radius 1 is 1.38 bits per heavy atom. The van der Waals surface area contributed by atoms with E-state index in [9.17, 15) is 19.2 Å². The van der Waals surface area contributed by atoms with Crippen molar-refractivity contribution in [2.45, 2.75) is 25.8 Å². The number of aromatic nitrogens is 1. The molecule has 1 aromatic heterocycles. The molecule has 0 saturated carbocycles. The van der Waals surface area contributed by atoms with Gasteiger partial charge in [0.05, 0.1) is 18.7 Å². The van der Waals surface area contributed by atoms with Gasteiger partial charge >= 0.3 is 0 Å². The lowest BCUT2D eigenvalue weighted by atomic mass is 10.2. The van der Waals surface area contributed by atoms with Gasteiger partial charge in [-0.25, -0.2) is 0 Å². The summed E-state index contributed by atoms with van der Waals surface area (Å²) in [5.74, 6) is -1.05. The Kier molecular flexibility index (Phi) is 6.00. The highest BCUT2D eigenvalue weighted by Crippen LogP contribution is 2.17. The first-order valence-electron chi connectivity index (χ1n) is 7.75. The van der Waals surface area contributed by atoms with E-state index in [2.05, 4.69) is 15.6 Å². The van der Waals surface area contributed by atoms with E-state index in [1.54, 1.807) is 25.3 Å². The smallest absolute Gasteiger partial charge is 0.253 e. The van der Waals surface area contributed by atoms with E-state index in [4.69, 9.17) is 0 Å². The summed E-state index contributed by atoms with van der Waals surface area (Å²) in [6.07, 6.45) is 3.44. The van der Waals surface area contributed by atoms with Gasteiger partial charge in [0.25, 0.3) is 5.91 Å². The number of hydrogen-bond acceptors (Lipinski definition) is 5. The largest absolute Gasteiger partial charge is 0.348 e. The van der Waals surface area contributed by atoms with Gasteiger partial charge in [-0.2, -0.15) is 0 Å². The predicted octanol–water partition coefficient (Wildman–Crippen LogP) is -0.574. The second-order valence-corrected chi connectivity index (χ2v) is 5.48. The van der Waals surface area contributed by atoms with Crippen LogP contribution in [0.4, 0.5) is 0 Å². The summed E-state index contributed by atoms with van der Waals surface area (Å²) in [4.78, 5) is 52.2. The summed E-state index contributed by atoms with van der Waals surface area (Å²) in [5.41, 5.74) is 0.988. The zero-order chi connectivity index (χ0) is 17.5. The molecule has 24 heavy (non-hydrogen) atoms. The molecule has 2 heterocycles. The quantitative estimate of drug-likeness (QED) is 0.678. The first kappa shape index (κ1) is 17.6. The molecule has 8 nitrogen and oxygen atoms in total. The van der Waals surface area contributed by atoms with Crippen molar-refractivity contribution in [1.29, 1.82) is 0 Å². The zero-order valence-electron chi connectivity index (χ0n) is 13.4. The van der Waals surface area contributed by atoms with E-state index < -0.39 is 6.04 Å². The van der Waals surface area contributed by atoms with Crippen LogP contribution in [0.3, 0.4) is 0 Å². The Balaban J connectivity index is 1.91. The van der Waals surface area contributed by atoms with E-state index >= 15 is 0 Å². The maximum Gasteiger partial charge on any atom is 0.253 e. The van der Waals surface area contributed by atoms with Crippen LogP contribution in [0.25, 0.3) is 0 Å². The average molecular weight is 332 g/mol. The van der Waals surface area contributed by atoms with E-state index in [1.807, 2.05) is 0 Å². The van der Waals surface area contributed by atoms with Crippen LogP contribution in [0.2, 0.25) is 0 Å². The minimum absolute atomic E-state index is 0.0750. The third-order valence-corrected chi connectivity index (χ3v) is 3.89. The molecule has 0 bridgehead atoms. The molecule has 1 aliphatic rings. The summed E-state index contributed by atoms with van der Waals surface area (Å²) in [5, 5.41) is 5.02. The van der Waals surface area contributed by atoms with Gasteiger partial charge in [0.1, 0.15) is 12.3 Å². The van der Waals surface area contributed by atoms with Crippen molar-refractivity contribution in [2.24, 2.45) is 0 Å². The van der Waals surface area contributed by atoms with Crippen LogP contribution in [0.1, 0.15) is 28.9 Å². The number of hydrogen-bond donors (Lipinski definition) is 2. The Labute approximate surface area is 139 Å². The highest BCUT2D eigenvalue weighted by Gasteiger charge is 2.33. The summed E-state index contributed by atoms with van der Waals surface area (Å²) in [6.45, 7) is 1.91.